The van der Waals surface area contributed by atoms with Gasteiger partial charge in [-0.3, -0.25) is 14.3 Å². The van der Waals surface area contributed by atoms with E-state index in [1.807, 2.05) is 12.1 Å². The summed E-state index contributed by atoms with van der Waals surface area (Å²) in [6.45, 7) is 2.33. The van der Waals surface area contributed by atoms with Crippen LogP contribution in [0.15, 0.2) is 77.7 Å². The highest BCUT2D eigenvalue weighted by Gasteiger charge is 2.26. The first-order chi connectivity index (χ1) is 15.3. The number of amides is 2. The van der Waals surface area contributed by atoms with Crippen molar-refractivity contribution in [2.24, 2.45) is 0 Å². The van der Waals surface area contributed by atoms with E-state index >= 15 is 0 Å². The number of hydrogen-bond donors (Lipinski definition) is 2. The quantitative estimate of drug-likeness (QED) is 0.622. The second kappa shape index (κ2) is 8.84. The average Bonchev–Trinajstić information content (AvgIpc) is 2.80. The van der Waals surface area contributed by atoms with Crippen LogP contribution < -0.4 is 10.0 Å². The Bertz CT molecular complexity index is 1260. The number of sulfonamides is 1. The van der Waals surface area contributed by atoms with Gasteiger partial charge in [0.25, 0.3) is 15.9 Å². The van der Waals surface area contributed by atoms with Crippen LogP contribution in [0.4, 0.5) is 11.4 Å². The van der Waals surface area contributed by atoms with Gasteiger partial charge in [0.2, 0.25) is 5.91 Å². The highest BCUT2D eigenvalue weighted by Crippen LogP contribution is 2.28. The Hall–Kier alpha value is -3.65. The molecule has 0 aliphatic carbocycles. The van der Waals surface area contributed by atoms with Gasteiger partial charge in [-0.2, -0.15) is 0 Å². The Morgan fingerprint density at radius 2 is 1.56 bits per heavy atom. The number of benzene rings is 3. The van der Waals surface area contributed by atoms with Crippen LogP contribution in [-0.4, -0.2) is 31.7 Å². The molecule has 32 heavy (non-hydrogen) atoms. The Balaban J connectivity index is 1.51. The lowest BCUT2D eigenvalue weighted by atomic mass is 10.00. The third kappa shape index (κ3) is 4.65. The molecule has 0 radical (unpaired) electrons. The molecule has 2 amide bonds. The summed E-state index contributed by atoms with van der Waals surface area (Å²) in [5.41, 5.74) is 3.04. The number of nitrogens with zero attached hydrogens (tertiary/aromatic N) is 1. The zero-order valence-corrected chi connectivity index (χ0v) is 18.4. The van der Waals surface area contributed by atoms with Crippen molar-refractivity contribution in [1.29, 1.82) is 0 Å². The van der Waals surface area contributed by atoms with Gasteiger partial charge in [-0.1, -0.05) is 30.3 Å². The van der Waals surface area contributed by atoms with Gasteiger partial charge in [0, 0.05) is 37.0 Å². The molecule has 2 N–H and O–H groups in total. The molecular formula is C24H23N3O4S. The van der Waals surface area contributed by atoms with Gasteiger partial charge in [-0.05, 0) is 60.0 Å². The number of carbonyl (C=O) groups is 2. The SMILES string of the molecule is CC(=O)N1CCc2cccc(S(=O)(=O)Nc3ccc(NC(=O)c4ccccc4)cc3)c2C1. The highest BCUT2D eigenvalue weighted by molar-refractivity contribution is 7.92. The minimum absolute atomic E-state index is 0.0797. The largest absolute Gasteiger partial charge is 0.338 e. The summed E-state index contributed by atoms with van der Waals surface area (Å²) in [5, 5.41) is 2.78. The molecule has 0 bridgehead atoms. The van der Waals surface area contributed by atoms with Gasteiger partial charge in [0.05, 0.1) is 4.90 Å². The van der Waals surface area contributed by atoms with Crippen LogP contribution in [0.25, 0.3) is 0 Å². The molecule has 3 aromatic carbocycles. The lowest BCUT2D eigenvalue weighted by molar-refractivity contribution is -0.129. The molecule has 7 nitrogen and oxygen atoms in total. The Labute approximate surface area is 187 Å². The van der Waals surface area contributed by atoms with Crippen LogP contribution in [0.1, 0.15) is 28.4 Å². The molecule has 0 saturated heterocycles. The first kappa shape index (κ1) is 21.6. The molecule has 1 aliphatic rings. The fourth-order valence-corrected chi connectivity index (χ4v) is 5.03. The number of rotatable bonds is 5. The highest BCUT2D eigenvalue weighted by atomic mass is 32.2. The number of hydrogen-bond acceptors (Lipinski definition) is 4. The maximum Gasteiger partial charge on any atom is 0.262 e. The van der Waals surface area contributed by atoms with Crippen molar-refractivity contribution in [2.45, 2.75) is 24.8 Å². The summed E-state index contributed by atoms with van der Waals surface area (Å²) >= 11 is 0. The maximum absolute atomic E-state index is 13.1. The summed E-state index contributed by atoms with van der Waals surface area (Å²) in [6, 6.07) is 20.5. The molecular weight excluding hydrogens is 426 g/mol. The Morgan fingerprint density at radius 1 is 0.875 bits per heavy atom. The monoisotopic (exact) mass is 449 g/mol. The molecule has 0 unspecified atom stereocenters. The predicted octanol–water partition coefficient (Wildman–Crippen LogP) is 3.64. The van der Waals surface area contributed by atoms with E-state index in [2.05, 4.69) is 10.0 Å². The van der Waals surface area contributed by atoms with Gasteiger partial charge in [-0.25, -0.2) is 8.42 Å². The van der Waals surface area contributed by atoms with Gasteiger partial charge < -0.3 is 10.2 Å². The standard InChI is InChI=1S/C24H23N3O4S/c1-17(28)27-15-14-18-8-5-9-23(22(18)16-27)32(30,31)26-21-12-10-20(11-13-21)25-24(29)19-6-3-2-4-7-19/h2-13,26H,14-16H2,1H3,(H,25,29). The van der Waals surface area contributed by atoms with E-state index in [-0.39, 0.29) is 23.3 Å². The zero-order valence-electron chi connectivity index (χ0n) is 17.5. The van der Waals surface area contributed by atoms with E-state index in [9.17, 15) is 18.0 Å². The second-order valence-corrected chi connectivity index (χ2v) is 9.24. The van der Waals surface area contributed by atoms with Crippen molar-refractivity contribution in [1.82, 2.24) is 4.90 Å². The first-order valence-electron chi connectivity index (χ1n) is 10.2. The Kier molecular flexibility index (Phi) is 5.96. The summed E-state index contributed by atoms with van der Waals surface area (Å²) < 4.78 is 28.8. The van der Waals surface area contributed by atoms with E-state index in [1.165, 1.54) is 6.92 Å². The van der Waals surface area contributed by atoms with Crippen LogP contribution in [0, 0.1) is 0 Å². The topological polar surface area (TPSA) is 95.6 Å². The van der Waals surface area contributed by atoms with Crippen LogP contribution in [0.5, 0.6) is 0 Å². The van der Waals surface area contributed by atoms with Crippen molar-refractivity contribution < 1.29 is 18.0 Å². The van der Waals surface area contributed by atoms with E-state index in [0.29, 0.717) is 35.5 Å². The smallest absolute Gasteiger partial charge is 0.262 e. The van der Waals surface area contributed by atoms with Crippen molar-refractivity contribution in [3.8, 4) is 0 Å². The van der Waals surface area contributed by atoms with Crippen LogP contribution in [0.3, 0.4) is 0 Å². The summed E-state index contributed by atoms with van der Waals surface area (Å²) in [6.07, 6.45) is 0.619. The van der Waals surface area contributed by atoms with Gasteiger partial charge in [-0.15, -0.1) is 0 Å². The molecule has 0 atom stereocenters. The lowest BCUT2D eigenvalue weighted by Crippen LogP contribution is -2.35. The van der Waals surface area contributed by atoms with Crippen LogP contribution in [-0.2, 0) is 27.8 Å². The fraction of sp³-hybridized carbons (Fsp3) is 0.167. The van der Waals surface area contributed by atoms with Crippen LogP contribution >= 0.6 is 0 Å². The number of fused-ring (bicyclic) bond motifs is 1. The van der Waals surface area contributed by atoms with Gasteiger partial charge >= 0.3 is 0 Å². The molecule has 0 spiro atoms. The van der Waals surface area contributed by atoms with E-state index < -0.39 is 10.0 Å². The van der Waals surface area contributed by atoms with Crippen molar-refractivity contribution in [3.63, 3.8) is 0 Å². The van der Waals surface area contributed by atoms with Crippen LogP contribution in [0.2, 0.25) is 0 Å². The van der Waals surface area contributed by atoms with E-state index in [0.717, 1.165) is 5.56 Å². The van der Waals surface area contributed by atoms with E-state index in [1.54, 1.807) is 65.6 Å². The zero-order chi connectivity index (χ0) is 22.7. The van der Waals surface area contributed by atoms with Crippen molar-refractivity contribution >= 4 is 33.2 Å². The molecule has 1 aliphatic heterocycles. The molecule has 4 rings (SSSR count). The van der Waals surface area contributed by atoms with Crippen molar-refractivity contribution in [3.05, 3.63) is 89.5 Å². The predicted molar refractivity (Wildman–Crippen MR) is 123 cm³/mol. The normalized spacial score (nSPS) is 13.2. The third-order valence-electron chi connectivity index (χ3n) is 5.40. The average molecular weight is 450 g/mol. The molecule has 0 aromatic heterocycles. The number of nitrogens with one attached hydrogen (secondary N) is 2. The molecule has 1 heterocycles. The van der Waals surface area contributed by atoms with E-state index in [4.69, 9.17) is 0 Å². The molecule has 3 aromatic rings. The molecule has 0 saturated carbocycles. The van der Waals surface area contributed by atoms with Gasteiger partial charge in [0.15, 0.2) is 0 Å². The maximum atomic E-state index is 13.1. The minimum Gasteiger partial charge on any atom is -0.338 e. The van der Waals surface area contributed by atoms with Gasteiger partial charge in [0.1, 0.15) is 0 Å². The number of anilines is 2. The summed E-state index contributed by atoms with van der Waals surface area (Å²) in [7, 11) is -3.86. The second-order valence-electron chi connectivity index (χ2n) is 7.59. The molecule has 164 valence electrons. The minimum atomic E-state index is -3.86. The Morgan fingerprint density at radius 3 is 2.25 bits per heavy atom. The molecule has 0 fully saturated rings. The summed E-state index contributed by atoms with van der Waals surface area (Å²) in [4.78, 5) is 25.9. The molecule has 8 heteroatoms. The fourth-order valence-electron chi connectivity index (χ4n) is 3.70. The third-order valence-corrected chi connectivity index (χ3v) is 6.86. The van der Waals surface area contributed by atoms with Crippen molar-refractivity contribution in [2.75, 3.05) is 16.6 Å². The summed E-state index contributed by atoms with van der Waals surface area (Å²) in [5.74, 6) is -0.325. The lowest BCUT2D eigenvalue weighted by Gasteiger charge is -2.29. The number of carbonyl (C=O) groups excluding carboxylic acids is 2. The first-order valence-corrected chi connectivity index (χ1v) is 11.7.